The number of hydrogen-bond acceptors (Lipinski definition) is 6. The first-order chi connectivity index (χ1) is 12.6. The minimum absolute atomic E-state index is 0.0551. The Hall–Kier alpha value is -3.50. The van der Waals surface area contributed by atoms with Crippen LogP contribution in [-0.2, 0) is 0 Å². The molecule has 0 radical (unpaired) electrons. The standard InChI is InChI=1S/C19H14N4O2S/c1-13-6-8-14(9-7-13)17-12-26-19(22-17)15(10-20)11-21-16-4-2-3-5-18(16)23(24)25/h2-9,11-12,21H,1H3. The molecule has 0 spiro atoms. The van der Waals surface area contributed by atoms with E-state index in [0.717, 1.165) is 16.8 Å². The Kier molecular flexibility index (Phi) is 5.06. The number of nitrogens with one attached hydrogen (secondary N) is 1. The Labute approximate surface area is 154 Å². The summed E-state index contributed by atoms with van der Waals surface area (Å²) >= 11 is 1.35. The SMILES string of the molecule is Cc1ccc(-c2csc(C(C#N)=CNc3ccccc3[N+](=O)[O-])n2)cc1. The van der Waals surface area contributed by atoms with Gasteiger partial charge in [0.25, 0.3) is 5.69 Å². The van der Waals surface area contributed by atoms with Crippen molar-refractivity contribution in [2.24, 2.45) is 0 Å². The first-order valence-corrected chi connectivity index (χ1v) is 8.59. The summed E-state index contributed by atoms with van der Waals surface area (Å²) in [6.07, 6.45) is 1.44. The second-order valence-corrected chi connectivity index (χ2v) is 6.35. The van der Waals surface area contributed by atoms with Gasteiger partial charge in [-0.3, -0.25) is 10.1 Å². The van der Waals surface area contributed by atoms with Crippen LogP contribution in [-0.4, -0.2) is 9.91 Å². The molecule has 3 rings (SSSR count). The molecule has 1 aromatic heterocycles. The maximum absolute atomic E-state index is 11.1. The van der Waals surface area contributed by atoms with Gasteiger partial charge in [-0.25, -0.2) is 4.98 Å². The first-order valence-electron chi connectivity index (χ1n) is 7.71. The minimum atomic E-state index is -0.471. The third-order valence-corrected chi connectivity index (χ3v) is 4.55. The van der Waals surface area contributed by atoms with Crippen LogP contribution < -0.4 is 5.32 Å². The lowest BCUT2D eigenvalue weighted by Gasteiger charge is -2.02. The fourth-order valence-electron chi connectivity index (χ4n) is 2.30. The zero-order valence-corrected chi connectivity index (χ0v) is 14.7. The Bertz CT molecular complexity index is 1020. The highest BCUT2D eigenvalue weighted by Gasteiger charge is 2.13. The number of thiazole rings is 1. The number of allylic oxidation sites excluding steroid dienone is 1. The zero-order valence-electron chi connectivity index (χ0n) is 13.8. The summed E-state index contributed by atoms with van der Waals surface area (Å²) in [5, 5.41) is 25.8. The van der Waals surface area contributed by atoms with E-state index in [1.54, 1.807) is 18.2 Å². The van der Waals surface area contributed by atoms with E-state index in [1.807, 2.05) is 36.6 Å². The lowest BCUT2D eigenvalue weighted by Crippen LogP contribution is -1.96. The van der Waals surface area contributed by atoms with Crippen LogP contribution in [0.1, 0.15) is 10.6 Å². The molecule has 0 saturated heterocycles. The van der Waals surface area contributed by atoms with Gasteiger partial charge in [0.05, 0.1) is 10.6 Å². The molecule has 1 heterocycles. The predicted octanol–water partition coefficient (Wildman–Crippen LogP) is 5.00. The number of benzene rings is 2. The Morgan fingerprint density at radius 2 is 2.00 bits per heavy atom. The van der Waals surface area contributed by atoms with Crippen LogP contribution in [0.3, 0.4) is 0 Å². The molecule has 0 unspecified atom stereocenters. The van der Waals surface area contributed by atoms with Crippen LogP contribution in [0.4, 0.5) is 11.4 Å². The highest BCUT2D eigenvalue weighted by Crippen LogP contribution is 2.27. The highest BCUT2D eigenvalue weighted by atomic mass is 32.1. The van der Waals surface area contributed by atoms with Crippen molar-refractivity contribution in [2.75, 3.05) is 5.32 Å². The van der Waals surface area contributed by atoms with Crippen molar-refractivity contribution < 1.29 is 4.92 Å². The van der Waals surface area contributed by atoms with Crippen LogP contribution in [0.5, 0.6) is 0 Å². The molecular weight excluding hydrogens is 348 g/mol. The average molecular weight is 362 g/mol. The maximum Gasteiger partial charge on any atom is 0.292 e. The number of nitrogens with zero attached hydrogens (tertiary/aromatic N) is 3. The molecule has 128 valence electrons. The van der Waals surface area contributed by atoms with E-state index in [-0.39, 0.29) is 5.69 Å². The molecule has 3 aromatic rings. The van der Waals surface area contributed by atoms with Gasteiger partial charge in [-0.05, 0) is 13.0 Å². The van der Waals surface area contributed by atoms with Gasteiger partial charge in [0, 0.05) is 23.2 Å². The molecule has 7 heteroatoms. The number of hydrogen-bond donors (Lipinski definition) is 1. The lowest BCUT2D eigenvalue weighted by molar-refractivity contribution is -0.383. The second kappa shape index (κ2) is 7.59. The van der Waals surface area contributed by atoms with E-state index < -0.39 is 4.92 Å². The third kappa shape index (κ3) is 3.77. The van der Waals surface area contributed by atoms with Crippen LogP contribution >= 0.6 is 11.3 Å². The van der Waals surface area contributed by atoms with E-state index in [4.69, 9.17) is 0 Å². The number of nitriles is 1. The normalized spacial score (nSPS) is 11.0. The van der Waals surface area contributed by atoms with Gasteiger partial charge < -0.3 is 5.32 Å². The fourth-order valence-corrected chi connectivity index (χ4v) is 3.10. The van der Waals surface area contributed by atoms with Gasteiger partial charge in [-0.2, -0.15) is 5.26 Å². The Morgan fingerprint density at radius 3 is 2.69 bits per heavy atom. The van der Waals surface area contributed by atoms with Crippen LogP contribution in [0.25, 0.3) is 16.8 Å². The molecular formula is C19H14N4O2S. The van der Waals surface area contributed by atoms with Gasteiger partial charge in [0.15, 0.2) is 0 Å². The zero-order chi connectivity index (χ0) is 18.5. The molecule has 0 bridgehead atoms. The fraction of sp³-hybridized carbons (Fsp3) is 0.0526. The van der Waals surface area contributed by atoms with Crippen molar-refractivity contribution in [3.63, 3.8) is 0 Å². The molecule has 0 aliphatic heterocycles. The number of anilines is 1. The van der Waals surface area contributed by atoms with Crippen molar-refractivity contribution in [3.8, 4) is 17.3 Å². The maximum atomic E-state index is 11.1. The van der Waals surface area contributed by atoms with E-state index in [1.165, 1.54) is 23.6 Å². The highest BCUT2D eigenvalue weighted by molar-refractivity contribution is 7.11. The number of nitro benzene ring substituents is 1. The summed E-state index contributed by atoms with van der Waals surface area (Å²) < 4.78 is 0. The monoisotopic (exact) mass is 362 g/mol. The van der Waals surface area contributed by atoms with E-state index in [9.17, 15) is 15.4 Å². The molecule has 0 saturated carbocycles. The summed E-state index contributed by atoms with van der Waals surface area (Å²) in [5.41, 5.74) is 3.50. The Balaban J connectivity index is 1.86. The van der Waals surface area contributed by atoms with Crippen LogP contribution in [0, 0.1) is 28.4 Å². The van der Waals surface area contributed by atoms with Gasteiger partial charge in [0.2, 0.25) is 0 Å². The summed E-state index contributed by atoms with van der Waals surface area (Å²) in [4.78, 5) is 15.1. The van der Waals surface area contributed by atoms with Crippen LogP contribution in [0.2, 0.25) is 0 Å². The van der Waals surface area contributed by atoms with Crippen molar-refractivity contribution in [1.82, 2.24) is 4.98 Å². The predicted molar refractivity (Wildman–Crippen MR) is 103 cm³/mol. The van der Waals surface area contributed by atoms with Gasteiger partial charge in [-0.1, -0.05) is 42.0 Å². The molecule has 26 heavy (non-hydrogen) atoms. The molecule has 1 N–H and O–H groups in total. The Morgan fingerprint density at radius 1 is 1.27 bits per heavy atom. The van der Waals surface area contributed by atoms with Crippen molar-refractivity contribution in [3.05, 3.63) is 80.8 Å². The summed E-state index contributed by atoms with van der Waals surface area (Å²) in [6, 6.07) is 16.3. The molecule has 0 aliphatic carbocycles. The second-order valence-electron chi connectivity index (χ2n) is 5.49. The number of aromatic nitrogens is 1. The third-order valence-electron chi connectivity index (χ3n) is 3.68. The minimum Gasteiger partial charge on any atom is -0.355 e. The van der Waals surface area contributed by atoms with Crippen molar-refractivity contribution in [1.29, 1.82) is 5.26 Å². The number of rotatable bonds is 5. The number of nitro groups is 1. The molecule has 0 atom stereocenters. The molecule has 0 amide bonds. The van der Waals surface area contributed by atoms with E-state index in [0.29, 0.717) is 16.3 Å². The molecule has 2 aromatic carbocycles. The van der Waals surface area contributed by atoms with Gasteiger partial charge in [-0.15, -0.1) is 11.3 Å². The smallest absolute Gasteiger partial charge is 0.292 e. The van der Waals surface area contributed by atoms with E-state index >= 15 is 0 Å². The lowest BCUT2D eigenvalue weighted by atomic mass is 10.1. The van der Waals surface area contributed by atoms with Gasteiger partial charge in [0.1, 0.15) is 22.3 Å². The molecule has 0 fully saturated rings. The largest absolute Gasteiger partial charge is 0.355 e. The molecule has 0 aliphatic rings. The van der Waals surface area contributed by atoms with Crippen LogP contribution in [0.15, 0.2) is 60.1 Å². The van der Waals surface area contributed by atoms with E-state index in [2.05, 4.69) is 16.4 Å². The van der Waals surface area contributed by atoms with Gasteiger partial charge >= 0.3 is 0 Å². The quantitative estimate of drug-likeness (QED) is 0.391. The topological polar surface area (TPSA) is 91.8 Å². The summed E-state index contributed by atoms with van der Waals surface area (Å²) in [5.74, 6) is 0. The van der Waals surface area contributed by atoms with Crippen molar-refractivity contribution in [2.45, 2.75) is 6.92 Å². The first kappa shape index (κ1) is 17.3. The summed E-state index contributed by atoms with van der Waals surface area (Å²) in [7, 11) is 0. The number of para-hydroxylation sites is 2. The van der Waals surface area contributed by atoms with Crippen molar-refractivity contribution >= 4 is 28.3 Å². The summed E-state index contributed by atoms with van der Waals surface area (Å²) in [6.45, 7) is 2.02. The number of aryl methyl sites for hydroxylation is 1. The average Bonchev–Trinajstić information content (AvgIpc) is 3.13. The molecule has 6 nitrogen and oxygen atoms in total.